The lowest BCUT2D eigenvalue weighted by Crippen LogP contribution is -2.50. The second kappa shape index (κ2) is 7.07. The number of hydrogen-bond acceptors (Lipinski definition) is 3. The molecule has 0 aromatic carbocycles. The summed E-state index contributed by atoms with van der Waals surface area (Å²) in [6.45, 7) is 5.77. The Morgan fingerprint density at radius 2 is 2.14 bits per heavy atom. The first-order valence-corrected chi connectivity index (χ1v) is 7.83. The van der Waals surface area contributed by atoms with Crippen molar-refractivity contribution in [2.75, 3.05) is 6.61 Å². The van der Waals surface area contributed by atoms with E-state index in [9.17, 15) is 14.7 Å². The van der Waals surface area contributed by atoms with Gasteiger partial charge >= 0.3 is 5.97 Å². The highest BCUT2D eigenvalue weighted by Crippen LogP contribution is 2.40. The van der Waals surface area contributed by atoms with Crippen molar-refractivity contribution in [1.29, 1.82) is 0 Å². The van der Waals surface area contributed by atoms with E-state index in [2.05, 4.69) is 6.58 Å². The van der Waals surface area contributed by atoms with Crippen molar-refractivity contribution in [1.82, 2.24) is 4.90 Å². The van der Waals surface area contributed by atoms with E-state index in [4.69, 9.17) is 4.74 Å². The zero-order valence-electron chi connectivity index (χ0n) is 12.7. The molecule has 1 saturated carbocycles. The fraction of sp³-hybridized carbons (Fsp3) is 0.750. The molecule has 0 spiro atoms. The smallest absolute Gasteiger partial charge is 0.326 e. The lowest BCUT2D eigenvalue weighted by molar-refractivity contribution is -0.155. The van der Waals surface area contributed by atoms with Crippen LogP contribution in [0.25, 0.3) is 0 Å². The van der Waals surface area contributed by atoms with Gasteiger partial charge in [-0.1, -0.05) is 18.9 Å². The molecular formula is C16H25NO4. The molecule has 2 aliphatic rings. The summed E-state index contributed by atoms with van der Waals surface area (Å²) in [4.78, 5) is 25.7. The van der Waals surface area contributed by atoms with Crippen molar-refractivity contribution < 1.29 is 19.4 Å². The summed E-state index contributed by atoms with van der Waals surface area (Å²) in [5.41, 5.74) is 0. The molecule has 21 heavy (non-hydrogen) atoms. The Morgan fingerprint density at radius 1 is 1.43 bits per heavy atom. The van der Waals surface area contributed by atoms with E-state index < -0.39 is 18.1 Å². The zero-order chi connectivity index (χ0) is 15.4. The molecular weight excluding hydrogens is 270 g/mol. The Kier molecular flexibility index (Phi) is 5.39. The SMILES string of the molecule is C=CCCOC(C)C(=O)N1C(C(=O)O)CC2CCCCC21. The van der Waals surface area contributed by atoms with Gasteiger partial charge < -0.3 is 14.7 Å². The number of aliphatic carboxylic acids is 1. The molecule has 5 nitrogen and oxygen atoms in total. The molecule has 2 rings (SSSR count). The summed E-state index contributed by atoms with van der Waals surface area (Å²) >= 11 is 0. The van der Waals surface area contributed by atoms with Gasteiger partial charge in [0.2, 0.25) is 0 Å². The summed E-state index contributed by atoms with van der Waals surface area (Å²) in [7, 11) is 0. The molecule has 1 saturated heterocycles. The number of ether oxygens (including phenoxy) is 1. The van der Waals surface area contributed by atoms with E-state index in [0.717, 1.165) is 25.7 Å². The third kappa shape index (κ3) is 3.46. The van der Waals surface area contributed by atoms with Gasteiger partial charge in [0.05, 0.1) is 6.61 Å². The monoisotopic (exact) mass is 295 g/mol. The number of carboxylic acid groups (broad SMARTS) is 1. The molecule has 1 heterocycles. The van der Waals surface area contributed by atoms with Crippen LogP contribution in [0.3, 0.4) is 0 Å². The predicted octanol–water partition coefficient (Wildman–Crippen LogP) is 2.21. The average molecular weight is 295 g/mol. The van der Waals surface area contributed by atoms with Crippen LogP contribution in [0, 0.1) is 5.92 Å². The lowest BCUT2D eigenvalue weighted by Gasteiger charge is -2.34. The van der Waals surface area contributed by atoms with Gasteiger partial charge in [0, 0.05) is 6.04 Å². The molecule has 1 amide bonds. The molecule has 0 bridgehead atoms. The molecule has 4 unspecified atom stereocenters. The van der Waals surface area contributed by atoms with Gasteiger partial charge in [-0.2, -0.15) is 0 Å². The van der Waals surface area contributed by atoms with Gasteiger partial charge in [-0.25, -0.2) is 4.79 Å². The Balaban J connectivity index is 2.07. The van der Waals surface area contributed by atoms with E-state index in [0.29, 0.717) is 25.4 Å². The van der Waals surface area contributed by atoms with E-state index in [1.54, 1.807) is 17.9 Å². The molecule has 2 fully saturated rings. The maximum Gasteiger partial charge on any atom is 0.326 e. The maximum atomic E-state index is 12.6. The number of nitrogens with zero attached hydrogens (tertiary/aromatic N) is 1. The molecule has 1 N–H and O–H groups in total. The fourth-order valence-electron chi connectivity index (χ4n) is 3.61. The van der Waals surface area contributed by atoms with Crippen molar-refractivity contribution in [3.05, 3.63) is 12.7 Å². The van der Waals surface area contributed by atoms with Crippen molar-refractivity contribution in [3.8, 4) is 0 Å². The Bertz CT molecular complexity index is 409. The molecule has 0 aromatic rings. The van der Waals surface area contributed by atoms with Crippen LogP contribution in [0.4, 0.5) is 0 Å². The maximum absolute atomic E-state index is 12.6. The Labute approximate surface area is 126 Å². The van der Waals surface area contributed by atoms with Gasteiger partial charge in [-0.15, -0.1) is 6.58 Å². The molecule has 0 radical (unpaired) electrons. The number of carbonyl (C=O) groups excluding carboxylic acids is 1. The third-order valence-corrected chi connectivity index (χ3v) is 4.67. The van der Waals surface area contributed by atoms with E-state index in [-0.39, 0.29) is 11.9 Å². The minimum absolute atomic E-state index is 0.0813. The number of rotatable bonds is 6. The third-order valence-electron chi connectivity index (χ3n) is 4.67. The highest BCUT2D eigenvalue weighted by Gasteiger charge is 2.48. The van der Waals surface area contributed by atoms with Gasteiger partial charge in [0.15, 0.2) is 0 Å². The minimum Gasteiger partial charge on any atom is -0.480 e. The van der Waals surface area contributed by atoms with Gasteiger partial charge in [-0.3, -0.25) is 4.79 Å². The number of carboxylic acids is 1. The van der Waals surface area contributed by atoms with Crippen LogP contribution < -0.4 is 0 Å². The summed E-state index contributed by atoms with van der Waals surface area (Å²) in [6.07, 6.45) is 6.59. The normalized spacial score (nSPS) is 29.8. The highest BCUT2D eigenvalue weighted by atomic mass is 16.5. The summed E-state index contributed by atoms with van der Waals surface area (Å²) in [5, 5.41) is 9.43. The summed E-state index contributed by atoms with van der Waals surface area (Å²) < 4.78 is 5.51. The first kappa shape index (κ1) is 16.0. The molecule has 118 valence electrons. The van der Waals surface area contributed by atoms with Crippen molar-refractivity contribution in [2.24, 2.45) is 5.92 Å². The first-order valence-electron chi connectivity index (χ1n) is 7.83. The molecule has 1 aliphatic carbocycles. The quantitative estimate of drug-likeness (QED) is 0.602. The number of amides is 1. The molecule has 5 heteroatoms. The summed E-state index contributed by atoms with van der Waals surface area (Å²) in [5.74, 6) is -0.735. The number of likely N-dealkylation sites (tertiary alicyclic amines) is 1. The van der Waals surface area contributed by atoms with Crippen LogP contribution in [0.2, 0.25) is 0 Å². The van der Waals surface area contributed by atoms with Crippen LogP contribution in [0.5, 0.6) is 0 Å². The number of carbonyl (C=O) groups is 2. The van der Waals surface area contributed by atoms with E-state index in [1.165, 1.54) is 0 Å². The van der Waals surface area contributed by atoms with Crippen LogP contribution in [0.15, 0.2) is 12.7 Å². The first-order chi connectivity index (χ1) is 10.1. The molecule has 1 aliphatic heterocycles. The zero-order valence-corrected chi connectivity index (χ0v) is 12.7. The number of hydrogen-bond donors (Lipinski definition) is 1. The number of fused-ring (bicyclic) bond motifs is 1. The largest absolute Gasteiger partial charge is 0.480 e. The van der Waals surface area contributed by atoms with Crippen molar-refractivity contribution in [2.45, 2.75) is 63.6 Å². The van der Waals surface area contributed by atoms with Crippen molar-refractivity contribution >= 4 is 11.9 Å². The second-order valence-electron chi connectivity index (χ2n) is 6.04. The topological polar surface area (TPSA) is 66.8 Å². The van der Waals surface area contributed by atoms with Crippen LogP contribution in [-0.4, -0.2) is 46.7 Å². The van der Waals surface area contributed by atoms with Crippen LogP contribution in [0.1, 0.15) is 45.4 Å². The second-order valence-corrected chi connectivity index (χ2v) is 6.04. The Morgan fingerprint density at radius 3 is 2.81 bits per heavy atom. The predicted molar refractivity (Wildman–Crippen MR) is 78.9 cm³/mol. The molecule has 0 aromatic heterocycles. The van der Waals surface area contributed by atoms with Crippen molar-refractivity contribution in [3.63, 3.8) is 0 Å². The lowest BCUT2D eigenvalue weighted by atomic mass is 9.84. The standard InChI is InChI=1S/C16H25NO4/c1-3-4-9-21-11(2)15(18)17-13-8-6-5-7-12(13)10-14(17)16(19)20/h3,11-14H,1,4-10H2,2H3,(H,19,20). The van der Waals surface area contributed by atoms with E-state index >= 15 is 0 Å². The van der Waals surface area contributed by atoms with Gasteiger partial charge in [0.1, 0.15) is 12.1 Å². The minimum atomic E-state index is -0.893. The van der Waals surface area contributed by atoms with E-state index in [1.807, 2.05) is 0 Å². The average Bonchev–Trinajstić information content (AvgIpc) is 2.86. The Hall–Kier alpha value is -1.36. The van der Waals surface area contributed by atoms with Crippen LogP contribution in [-0.2, 0) is 14.3 Å². The van der Waals surface area contributed by atoms with Gasteiger partial charge in [0.25, 0.3) is 5.91 Å². The summed E-state index contributed by atoms with van der Waals surface area (Å²) in [6, 6.07) is -0.603. The highest BCUT2D eigenvalue weighted by molar-refractivity contribution is 5.87. The van der Waals surface area contributed by atoms with Crippen LogP contribution >= 0.6 is 0 Å². The van der Waals surface area contributed by atoms with Gasteiger partial charge in [-0.05, 0) is 38.5 Å². The molecule has 4 atom stereocenters. The fourth-order valence-corrected chi connectivity index (χ4v) is 3.61.